The molecule has 0 heterocycles. The number of rotatable bonds is 3. The van der Waals surface area contributed by atoms with E-state index < -0.39 is 21.8 Å². The molecule has 0 saturated heterocycles. The van der Waals surface area contributed by atoms with Crippen molar-refractivity contribution in [3.05, 3.63) is 0 Å². The Morgan fingerprint density at radius 1 is 1.14 bits per heavy atom. The van der Waals surface area contributed by atoms with Crippen LogP contribution >= 0.6 is 47.8 Å². The van der Waals surface area contributed by atoms with Gasteiger partial charge in [-0.1, -0.05) is 47.8 Å². The number of alkyl halides is 3. The fraction of sp³-hybridized carbons (Fsp3) is 1.00. The zero-order valence-electron chi connectivity index (χ0n) is 9.21. The quantitative estimate of drug-likeness (QED) is 0.703. The van der Waals surface area contributed by atoms with Gasteiger partial charge in [-0.3, -0.25) is 0 Å². The van der Waals surface area contributed by atoms with E-state index in [1.165, 1.54) is 0 Å². The molecule has 7 heavy (non-hydrogen) atoms. The molecule has 0 radical (unpaired) electrons. The SMILES string of the molecule is [2H]C([2H])(Br)C(C([2H])([2H])Br)C([2H])([2H])Br. The van der Waals surface area contributed by atoms with Crippen LogP contribution in [0.5, 0.6) is 0 Å². The van der Waals surface area contributed by atoms with Gasteiger partial charge in [-0.15, -0.1) is 0 Å². The molecule has 0 aliphatic rings. The number of halogens is 3. The lowest BCUT2D eigenvalue weighted by molar-refractivity contribution is 0.798. The fourth-order valence-corrected chi connectivity index (χ4v) is 1.67. The van der Waals surface area contributed by atoms with E-state index in [9.17, 15) is 0 Å². The van der Waals surface area contributed by atoms with Gasteiger partial charge in [-0.25, -0.2) is 0 Å². The van der Waals surface area contributed by atoms with Crippen LogP contribution in [0.15, 0.2) is 0 Å². The second-order valence-corrected chi connectivity index (χ2v) is 2.13. The van der Waals surface area contributed by atoms with E-state index in [0.717, 1.165) is 0 Å². The molecule has 0 bridgehead atoms. The Morgan fingerprint density at radius 2 is 1.43 bits per heavy atom. The van der Waals surface area contributed by atoms with Crippen LogP contribution in [0.1, 0.15) is 8.22 Å². The van der Waals surface area contributed by atoms with Crippen LogP contribution in [0, 0.1) is 5.92 Å². The Labute approximate surface area is 77.9 Å². The Morgan fingerprint density at radius 3 is 1.43 bits per heavy atom. The van der Waals surface area contributed by atoms with Gasteiger partial charge in [-0.05, 0) is 5.92 Å². The molecular weight excluding hydrogens is 288 g/mol. The van der Waals surface area contributed by atoms with Crippen LogP contribution in [0.3, 0.4) is 0 Å². The van der Waals surface area contributed by atoms with Crippen LogP contribution in [-0.2, 0) is 0 Å². The predicted molar refractivity (Wildman–Crippen MR) is 44.9 cm³/mol. The molecule has 0 unspecified atom stereocenters. The number of hydrogen-bond donors (Lipinski definition) is 0. The fourth-order valence-electron chi connectivity index (χ4n) is 0.0619. The van der Waals surface area contributed by atoms with E-state index >= 15 is 0 Å². The maximum Gasteiger partial charge on any atom is 0.0390 e. The second kappa shape index (κ2) is 5.57. The van der Waals surface area contributed by atoms with Crippen molar-refractivity contribution in [1.29, 1.82) is 0 Å². The van der Waals surface area contributed by atoms with Crippen molar-refractivity contribution in [2.24, 2.45) is 5.92 Å². The minimum atomic E-state index is -2.15. The molecule has 0 aromatic carbocycles. The molecule has 0 nitrogen and oxygen atoms in total. The minimum Gasteiger partial charge on any atom is -0.0924 e. The lowest BCUT2D eigenvalue weighted by Crippen LogP contribution is -2.03. The van der Waals surface area contributed by atoms with E-state index in [1.807, 2.05) is 0 Å². The summed E-state index contributed by atoms with van der Waals surface area (Å²) in [5.41, 5.74) is 0. The van der Waals surface area contributed by atoms with Gasteiger partial charge in [0.2, 0.25) is 0 Å². The van der Waals surface area contributed by atoms with Gasteiger partial charge in [0.25, 0.3) is 0 Å². The summed E-state index contributed by atoms with van der Waals surface area (Å²) < 4.78 is 43.5. The molecule has 0 saturated carbocycles. The zero-order chi connectivity index (χ0) is 11.1. The number of hydrogen-bond acceptors (Lipinski definition) is 0. The third-order valence-corrected chi connectivity index (χ3v) is 1.70. The van der Waals surface area contributed by atoms with E-state index in [-0.39, 0.29) is 0 Å². The Bertz CT molecular complexity index is 143. The van der Waals surface area contributed by atoms with Crippen molar-refractivity contribution in [3.63, 3.8) is 0 Å². The summed E-state index contributed by atoms with van der Waals surface area (Å²) >= 11 is 7.83. The summed E-state index contributed by atoms with van der Waals surface area (Å²) in [5.74, 6) is -1.52. The van der Waals surface area contributed by atoms with Crippen LogP contribution in [-0.4, -0.2) is 15.8 Å². The average Bonchev–Trinajstić information content (AvgIpc) is 1.44. The predicted octanol–water partition coefficient (Wildman–Crippen LogP) is 2.79. The highest BCUT2D eigenvalue weighted by Gasteiger charge is 1.99. The molecule has 0 N–H and O–H groups in total. The van der Waals surface area contributed by atoms with Crippen LogP contribution in [0.25, 0.3) is 0 Å². The van der Waals surface area contributed by atoms with Gasteiger partial charge in [-0.2, -0.15) is 0 Å². The molecule has 0 rings (SSSR count). The summed E-state index contributed by atoms with van der Waals surface area (Å²) in [4.78, 5) is 0. The average molecular weight is 301 g/mol. The van der Waals surface area contributed by atoms with Crippen molar-refractivity contribution in [3.8, 4) is 0 Å². The van der Waals surface area contributed by atoms with Crippen LogP contribution < -0.4 is 0 Å². The summed E-state index contributed by atoms with van der Waals surface area (Å²) in [5, 5.41) is -6.44. The summed E-state index contributed by atoms with van der Waals surface area (Å²) in [7, 11) is 0. The largest absolute Gasteiger partial charge is 0.0924 e. The van der Waals surface area contributed by atoms with Gasteiger partial charge < -0.3 is 0 Å². The summed E-state index contributed by atoms with van der Waals surface area (Å²) in [6.45, 7) is 0. The first-order valence-corrected chi connectivity index (χ1v) is 3.81. The van der Waals surface area contributed by atoms with Gasteiger partial charge >= 0.3 is 0 Å². The van der Waals surface area contributed by atoms with Gasteiger partial charge in [0.15, 0.2) is 0 Å². The van der Waals surface area contributed by atoms with E-state index in [2.05, 4.69) is 47.8 Å². The standard InChI is InChI=1S/C4H7Br3/c5-1-4(2-6)3-7/h4H,1-3H2/i1D2,2D2,3D2. The smallest absolute Gasteiger partial charge is 0.0390 e. The Balaban J connectivity index is 5.02. The molecular formula is C4H7Br3. The highest BCUT2D eigenvalue weighted by Crippen LogP contribution is 2.07. The molecule has 0 aromatic rings. The zero-order valence-corrected chi connectivity index (χ0v) is 7.97. The van der Waals surface area contributed by atoms with Crippen molar-refractivity contribution in [1.82, 2.24) is 0 Å². The van der Waals surface area contributed by atoms with E-state index in [1.54, 1.807) is 0 Å². The Hall–Kier alpha value is 1.44. The third kappa shape index (κ3) is 3.98. The molecule has 0 fully saturated rings. The first-order chi connectivity index (χ1) is 5.37. The normalized spacial score (nSPS) is 29.1. The highest BCUT2D eigenvalue weighted by atomic mass is 79.9. The van der Waals surface area contributed by atoms with Crippen LogP contribution in [0.4, 0.5) is 0 Å². The molecule has 0 aliphatic carbocycles. The van der Waals surface area contributed by atoms with Crippen LogP contribution in [0.2, 0.25) is 0 Å². The van der Waals surface area contributed by atoms with Gasteiger partial charge in [0.1, 0.15) is 0 Å². The maximum absolute atomic E-state index is 7.24. The lowest BCUT2D eigenvalue weighted by atomic mass is 10.3. The van der Waals surface area contributed by atoms with E-state index in [4.69, 9.17) is 8.22 Å². The maximum atomic E-state index is 7.24. The van der Waals surface area contributed by atoms with Gasteiger partial charge in [0, 0.05) is 24.1 Å². The first-order valence-electron chi connectivity index (χ1n) is 4.43. The molecule has 0 spiro atoms. The van der Waals surface area contributed by atoms with E-state index in [0.29, 0.717) is 0 Å². The third-order valence-electron chi connectivity index (χ3n) is 0.327. The summed E-state index contributed by atoms with van der Waals surface area (Å²) in [6, 6.07) is 0. The second-order valence-electron chi connectivity index (χ2n) is 0.760. The van der Waals surface area contributed by atoms with Crippen molar-refractivity contribution in [2.45, 2.75) is 0 Å². The molecule has 0 amide bonds. The Kier molecular flexibility index (Phi) is 2.06. The molecule has 0 aromatic heterocycles. The first kappa shape index (κ1) is 2.59. The van der Waals surface area contributed by atoms with Crippen molar-refractivity contribution >= 4 is 47.8 Å². The molecule has 0 aliphatic heterocycles. The molecule has 44 valence electrons. The van der Waals surface area contributed by atoms with Crippen molar-refractivity contribution in [2.75, 3.05) is 15.8 Å². The lowest BCUT2D eigenvalue weighted by Gasteiger charge is -2.01. The van der Waals surface area contributed by atoms with Crippen molar-refractivity contribution < 1.29 is 8.22 Å². The monoisotopic (exact) mass is 298 g/mol. The minimum absolute atomic E-state index is 1.52. The molecule has 0 atom stereocenters. The highest BCUT2D eigenvalue weighted by molar-refractivity contribution is 9.10. The topological polar surface area (TPSA) is 0 Å². The molecule has 3 heteroatoms. The summed E-state index contributed by atoms with van der Waals surface area (Å²) in [6.07, 6.45) is 0. The van der Waals surface area contributed by atoms with Gasteiger partial charge in [0.05, 0.1) is 0 Å².